The van der Waals surface area contributed by atoms with Crippen molar-refractivity contribution in [2.24, 2.45) is 7.05 Å². The summed E-state index contributed by atoms with van der Waals surface area (Å²) in [5.74, 6) is 0.339. The highest BCUT2D eigenvalue weighted by Gasteiger charge is 2.34. The van der Waals surface area contributed by atoms with Gasteiger partial charge in [0.25, 0.3) is 10.0 Å². The van der Waals surface area contributed by atoms with Gasteiger partial charge in [-0.05, 0) is 42.5 Å². The van der Waals surface area contributed by atoms with Gasteiger partial charge in [-0.25, -0.2) is 8.42 Å². The molecule has 0 saturated carbocycles. The highest BCUT2D eigenvalue weighted by Crippen LogP contribution is 2.39. The Balaban J connectivity index is 1.79. The van der Waals surface area contributed by atoms with E-state index < -0.39 is 26.7 Å². The highest BCUT2D eigenvalue weighted by molar-refractivity contribution is 7.92. The lowest BCUT2D eigenvalue weighted by atomic mass is 10.1. The van der Waals surface area contributed by atoms with Crippen LogP contribution in [0.4, 0.5) is 18.9 Å². The lowest BCUT2D eigenvalue weighted by Gasteiger charge is -2.31. The second-order valence-electron chi connectivity index (χ2n) is 6.51. The van der Waals surface area contributed by atoms with Crippen molar-refractivity contribution in [3.05, 3.63) is 60.3 Å². The van der Waals surface area contributed by atoms with E-state index in [9.17, 15) is 21.6 Å². The molecule has 152 valence electrons. The number of sulfonamides is 1. The quantitative estimate of drug-likeness (QED) is 0.645. The molecule has 2 aromatic carbocycles. The SMILES string of the molecule is Cn1ccc(-c2ccc3c(c2)N(S(=O)(=O)c2cccc(C(F)(F)F)c2)CCO3)n1. The van der Waals surface area contributed by atoms with Crippen LogP contribution in [0.15, 0.2) is 59.6 Å². The molecule has 1 aliphatic heterocycles. The van der Waals surface area contributed by atoms with Gasteiger partial charge in [-0.15, -0.1) is 0 Å². The van der Waals surface area contributed by atoms with E-state index in [-0.39, 0.29) is 18.8 Å². The van der Waals surface area contributed by atoms with E-state index in [1.54, 1.807) is 42.2 Å². The average molecular weight is 423 g/mol. The summed E-state index contributed by atoms with van der Waals surface area (Å²) in [6, 6.07) is 10.5. The maximum absolute atomic E-state index is 13.2. The fraction of sp³-hybridized carbons (Fsp3) is 0.211. The molecule has 0 fully saturated rings. The number of aryl methyl sites for hydroxylation is 1. The predicted molar refractivity (Wildman–Crippen MR) is 100 cm³/mol. The van der Waals surface area contributed by atoms with Crippen LogP contribution in [-0.4, -0.2) is 31.3 Å². The maximum Gasteiger partial charge on any atom is 0.416 e. The topological polar surface area (TPSA) is 64.4 Å². The molecule has 4 rings (SSSR count). The van der Waals surface area contributed by atoms with Crippen LogP contribution in [0, 0.1) is 0 Å². The van der Waals surface area contributed by atoms with E-state index in [4.69, 9.17) is 4.74 Å². The van der Waals surface area contributed by atoms with Crippen LogP contribution in [0.3, 0.4) is 0 Å². The van der Waals surface area contributed by atoms with Crippen LogP contribution in [0.1, 0.15) is 5.56 Å². The minimum atomic E-state index is -4.64. The van der Waals surface area contributed by atoms with Crippen LogP contribution >= 0.6 is 0 Å². The number of rotatable bonds is 3. The van der Waals surface area contributed by atoms with Crippen LogP contribution < -0.4 is 9.04 Å². The molecular weight excluding hydrogens is 407 g/mol. The number of hydrogen-bond donors (Lipinski definition) is 0. The van der Waals surface area contributed by atoms with Gasteiger partial charge in [0.2, 0.25) is 0 Å². The molecule has 6 nitrogen and oxygen atoms in total. The second-order valence-corrected chi connectivity index (χ2v) is 8.37. The summed E-state index contributed by atoms with van der Waals surface area (Å²) in [6.45, 7) is 0.0748. The molecule has 0 spiro atoms. The van der Waals surface area contributed by atoms with E-state index in [2.05, 4.69) is 5.10 Å². The van der Waals surface area contributed by atoms with Gasteiger partial charge in [0, 0.05) is 18.8 Å². The molecule has 0 aliphatic carbocycles. The molecule has 0 radical (unpaired) electrons. The Kier molecular flexibility index (Phi) is 4.53. The summed E-state index contributed by atoms with van der Waals surface area (Å²) < 4.78 is 73.7. The summed E-state index contributed by atoms with van der Waals surface area (Å²) >= 11 is 0. The minimum absolute atomic E-state index is 0.0166. The van der Waals surface area contributed by atoms with E-state index in [0.29, 0.717) is 23.1 Å². The second kappa shape index (κ2) is 6.80. The molecule has 0 atom stereocenters. The fourth-order valence-corrected chi connectivity index (χ4v) is 4.63. The first-order valence-electron chi connectivity index (χ1n) is 8.63. The Morgan fingerprint density at radius 1 is 1.10 bits per heavy atom. The highest BCUT2D eigenvalue weighted by atomic mass is 32.2. The predicted octanol–water partition coefficient (Wildman–Crippen LogP) is 3.69. The average Bonchev–Trinajstić information content (AvgIpc) is 3.13. The smallest absolute Gasteiger partial charge is 0.416 e. The first kappa shape index (κ1) is 19.3. The lowest BCUT2D eigenvalue weighted by molar-refractivity contribution is -0.137. The van der Waals surface area contributed by atoms with Gasteiger partial charge in [-0.3, -0.25) is 8.99 Å². The van der Waals surface area contributed by atoms with Crippen molar-refractivity contribution in [1.29, 1.82) is 0 Å². The van der Waals surface area contributed by atoms with Crippen LogP contribution in [0.2, 0.25) is 0 Å². The molecule has 0 saturated heterocycles. The Hall–Kier alpha value is -3.01. The van der Waals surface area contributed by atoms with Crippen molar-refractivity contribution >= 4 is 15.7 Å². The van der Waals surface area contributed by atoms with Gasteiger partial charge in [-0.2, -0.15) is 18.3 Å². The Morgan fingerprint density at radius 3 is 2.59 bits per heavy atom. The maximum atomic E-state index is 13.2. The largest absolute Gasteiger partial charge is 0.489 e. The molecule has 1 aliphatic rings. The number of halogens is 3. The summed E-state index contributed by atoms with van der Waals surface area (Å²) in [4.78, 5) is -0.427. The number of benzene rings is 2. The molecule has 0 amide bonds. The first-order chi connectivity index (χ1) is 13.7. The minimum Gasteiger partial charge on any atom is -0.489 e. The van der Waals surface area contributed by atoms with Crippen molar-refractivity contribution in [2.75, 3.05) is 17.5 Å². The Bertz CT molecular complexity index is 1170. The van der Waals surface area contributed by atoms with Gasteiger partial charge in [0.15, 0.2) is 0 Å². The van der Waals surface area contributed by atoms with Crippen molar-refractivity contribution in [2.45, 2.75) is 11.1 Å². The van der Waals surface area contributed by atoms with Crippen molar-refractivity contribution < 1.29 is 26.3 Å². The van der Waals surface area contributed by atoms with Crippen LogP contribution in [0.5, 0.6) is 5.75 Å². The zero-order valence-corrected chi connectivity index (χ0v) is 16.0. The number of anilines is 1. The van der Waals surface area contributed by atoms with Crippen molar-refractivity contribution in [3.8, 4) is 17.0 Å². The third-order valence-electron chi connectivity index (χ3n) is 4.54. The Morgan fingerprint density at radius 2 is 1.90 bits per heavy atom. The molecule has 1 aromatic heterocycles. The number of hydrogen-bond acceptors (Lipinski definition) is 4. The third-order valence-corrected chi connectivity index (χ3v) is 6.35. The van der Waals surface area contributed by atoms with Crippen LogP contribution in [0.25, 0.3) is 11.3 Å². The van der Waals surface area contributed by atoms with E-state index >= 15 is 0 Å². The van der Waals surface area contributed by atoms with Gasteiger partial charge in [0.1, 0.15) is 12.4 Å². The van der Waals surface area contributed by atoms with Gasteiger partial charge >= 0.3 is 6.18 Å². The van der Waals surface area contributed by atoms with E-state index in [1.165, 1.54) is 0 Å². The normalized spacial score (nSPS) is 14.4. The molecule has 2 heterocycles. The molecule has 10 heteroatoms. The number of aromatic nitrogens is 2. The monoisotopic (exact) mass is 423 g/mol. The van der Waals surface area contributed by atoms with Crippen molar-refractivity contribution in [3.63, 3.8) is 0 Å². The summed E-state index contributed by atoms with van der Waals surface area (Å²) in [7, 11) is -2.46. The van der Waals surface area contributed by atoms with Crippen molar-refractivity contribution in [1.82, 2.24) is 9.78 Å². The Labute approximate surface area is 165 Å². The summed E-state index contributed by atoms with van der Waals surface area (Å²) in [5, 5.41) is 4.30. The number of ether oxygens (including phenoxy) is 1. The lowest BCUT2D eigenvalue weighted by Crippen LogP contribution is -2.38. The number of nitrogens with zero attached hydrogens (tertiary/aromatic N) is 3. The molecule has 3 aromatic rings. The fourth-order valence-electron chi connectivity index (χ4n) is 3.13. The van der Waals surface area contributed by atoms with Gasteiger partial charge in [-0.1, -0.05) is 6.07 Å². The standard InChI is InChI=1S/C19H16F3N3O3S/c1-24-8-7-16(23-24)13-5-6-18-17(11-13)25(9-10-28-18)29(26,27)15-4-2-3-14(12-15)19(20,21)22/h2-8,11-12H,9-10H2,1H3. The summed E-state index contributed by atoms with van der Waals surface area (Å²) in [5.41, 5.74) is 0.544. The molecule has 29 heavy (non-hydrogen) atoms. The first-order valence-corrected chi connectivity index (χ1v) is 10.1. The zero-order chi connectivity index (χ0) is 20.8. The van der Waals surface area contributed by atoms with Gasteiger partial charge in [0.05, 0.1) is 28.4 Å². The zero-order valence-electron chi connectivity index (χ0n) is 15.2. The van der Waals surface area contributed by atoms with Gasteiger partial charge < -0.3 is 4.74 Å². The van der Waals surface area contributed by atoms with E-state index in [1.807, 2.05) is 0 Å². The molecule has 0 N–H and O–H groups in total. The third kappa shape index (κ3) is 3.55. The molecule has 0 unspecified atom stereocenters. The number of alkyl halides is 3. The van der Waals surface area contributed by atoms with E-state index in [0.717, 1.165) is 22.5 Å². The molecular formula is C19H16F3N3O3S. The number of fused-ring (bicyclic) bond motifs is 1. The summed E-state index contributed by atoms with van der Waals surface area (Å²) in [6.07, 6.45) is -2.89. The molecule has 0 bridgehead atoms. The van der Waals surface area contributed by atoms with Crippen LogP contribution in [-0.2, 0) is 23.2 Å².